The fourth-order valence-electron chi connectivity index (χ4n) is 4.33. The van der Waals surface area contributed by atoms with Crippen molar-refractivity contribution in [2.75, 3.05) is 0 Å². The molecule has 0 amide bonds. The molecule has 0 spiro atoms. The van der Waals surface area contributed by atoms with Crippen molar-refractivity contribution in [1.82, 2.24) is 0 Å². The first kappa shape index (κ1) is 23.5. The molecule has 0 aliphatic heterocycles. The van der Waals surface area contributed by atoms with E-state index >= 15 is 0 Å². The summed E-state index contributed by atoms with van der Waals surface area (Å²) in [7, 11) is 0. The first-order chi connectivity index (χ1) is 13.3. The van der Waals surface area contributed by atoms with Gasteiger partial charge in [0.25, 0.3) is 0 Å². The first-order valence-corrected chi connectivity index (χ1v) is 11.1. The maximum absolute atomic E-state index is 14.2. The molecule has 0 heterocycles. The molecule has 27 heavy (non-hydrogen) atoms. The van der Waals surface area contributed by atoms with Crippen LogP contribution in [0.4, 0.5) is 4.39 Å². The Morgan fingerprint density at radius 3 is 1.96 bits per heavy atom. The Kier molecular flexibility index (Phi) is 12.6. The molecule has 0 nitrogen and oxygen atoms in total. The van der Waals surface area contributed by atoms with E-state index in [9.17, 15) is 4.39 Å². The molecule has 2 aliphatic rings. The molecule has 0 saturated heterocycles. The zero-order valence-electron chi connectivity index (χ0n) is 17.6. The molecule has 150 valence electrons. The average Bonchev–Trinajstić information content (AvgIpc) is 2.77. The fourth-order valence-corrected chi connectivity index (χ4v) is 4.33. The van der Waals surface area contributed by atoms with Crippen molar-refractivity contribution in [3.63, 3.8) is 0 Å². The van der Waals surface area contributed by atoms with Gasteiger partial charge in [-0.1, -0.05) is 95.6 Å². The van der Waals surface area contributed by atoms with Crippen molar-refractivity contribution in [1.29, 1.82) is 0 Å². The second kappa shape index (κ2) is 14.5. The number of terminal acetylenes is 1. The molecule has 1 aromatic carbocycles. The van der Waals surface area contributed by atoms with Gasteiger partial charge >= 0.3 is 0 Å². The molecular formula is C26H39F. The highest BCUT2D eigenvalue weighted by Gasteiger charge is 2.15. The molecule has 0 radical (unpaired) electrons. The quantitative estimate of drug-likeness (QED) is 0.457. The Bertz CT molecular complexity index is 525. The van der Waals surface area contributed by atoms with E-state index < -0.39 is 0 Å². The Morgan fingerprint density at radius 1 is 0.889 bits per heavy atom. The van der Waals surface area contributed by atoms with Crippen LogP contribution in [-0.2, 0) is 6.42 Å². The summed E-state index contributed by atoms with van der Waals surface area (Å²) in [6.07, 6.45) is 24.7. The summed E-state index contributed by atoms with van der Waals surface area (Å²) in [5.74, 6) is 1.52. The zero-order valence-corrected chi connectivity index (χ0v) is 17.6. The van der Waals surface area contributed by atoms with Gasteiger partial charge in [0.2, 0.25) is 0 Å². The highest BCUT2D eigenvalue weighted by atomic mass is 19.1. The number of benzene rings is 1. The Labute approximate surface area is 167 Å². The van der Waals surface area contributed by atoms with Crippen LogP contribution in [0.1, 0.15) is 102 Å². The fraction of sp³-hybridized carbons (Fsp3) is 0.615. The SMILES string of the molecule is C#C.CC.F/C(=C/CC1CCCCC1)Cc1ccc(C2CCCCC2)cc1. The monoisotopic (exact) mass is 370 g/mol. The van der Waals surface area contributed by atoms with Gasteiger partial charge in [0, 0.05) is 6.42 Å². The number of hydrogen-bond donors (Lipinski definition) is 0. The van der Waals surface area contributed by atoms with Crippen LogP contribution in [0.3, 0.4) is 0 Å². The van der Waals surface area contributed by atoms with Crippen molar-refractivity contribution in [2.24, 2.45) is 5.92 Å². The smallest absolute Gasteiger partial charge is 0.100 e. The number of allylic oxidation sites excluding steroid dienone is 2. The van der Waals surface area contributed by atoms with Crippen LogP contribution in [0.25, 0.3) is 0 Å². The summed E-state index contributed by atoms with van der Waals surface area (Å²) in [6, 6.07) is 8.75. The van der Waals surface area contributed by atoms with Crippen LogP contribution < -0.4 is 0 Å². The van der Waals surface area contributed by atoms with Gasteiger partial charge < -0.3 is 0 Å². The standard InChI is InChI=1S/C22H31F.C2H6.C2H2/c23-22(16-13-18-7-3-1-4-8-18)17-19-11-14-21(15-12-19)20-9-5-2-6-10-20;2*1-2/h11-12,14-16,18,20H,1-10,13,17H2;1-2H3;1-2H/b22-16+;;. The van der Waals surface area contributed by atoms with Crippen molar-refractivity contribution in [2.45, 2.75) is 96.8 Å². The van der Waals surface area contributed by atoms with Crippen LogP contribution in [0, 0.1) is 18.8 Å². The lowest BCUT2D eigenvalue weighted by Crippen LogP contribution is -2.05. The van der Waals surface area contributed by atoms with E-state index in [1.165, 1.54) is 69.8 Å². The van der Waals surface area contributed by atoms with E-state index in [0.717, 1.165) is 23.8 Å². The van der Waals surface area contributed by atoms with Gasteiger partial charge in [0.15, 0.2) is 0 Å². The van der Waals surface area contributed by atoms with Crippen LogP contribution >= 0.6 is 0 Å². The van der Waals surface area contributed by atoms with E-state index in [0.29, 0.717) is 6.42 Å². The molecule has 3 rings (SSSR count). The lowest BCUT2D eigenvalue weighted by atomic mass is 9.84. The Hall–Kier alpha value is -1.55. The second-order valence-electron chi connectivity index (χ2n) is 7.64. The number of halogens is 1. The van der Waals surface area contributed by atoms with E-state index in [-0.39, 0.29) is 5.83 Å². The summed E-state index contributed by atoms with van der Waals surface area (Å²) in [6.45, 7) is 4.00. The minimum atomic E-state index is 0.0565. The molecule has 0 N–H and O–H groups in total. The largest absolute Gasteiger partial charge is 0.212 e. The van der Waals surface area contributed by atoms with Crippen molar-refractivity contribution >= 4 is 0 Å². The van der Waals surface area contributed by atoms with Gasteiger partial charge in [-0.15, -0.1) is 12.8 Å². The molecule has 2 saturated carbocycles. The Balaban J connectivity index is 0.000000855. The molecule has 1 aromatic rings. The first-order valence-electron chi connectivity index (χ1n) is 11.1. The lowest BCUT2D eigenvalue weighted by Gasteiger charge is -2.22. The third-order valence-corrected chi connectivity index (χ3v) is 5.83. The summed E-state index contributed by atoms with van der Waals surface area (Å²) in [5.41, 5.74) is 2.57. The summed E-state index contributed by atoms with van der Waals surface area (Å²) in [5, 5.41) is 0. The highest BCUT2D eigenvalue weighted by Crippen LogP contribution is 2.33. The second-order valence-corrected chi connectivity index (χ2v) is 7.64. The van der Waals surface area contributed by atoms with Crippen molar-refractivity contribution < 1.29 is 4.39 Å². The highest BCUT2D eigenvalue weighted by molar-refractivity contribution is 5.27. The van der Waals surface area contributed by atoms with Gasteiger partial charge in [-0.3, -0.25) is 0 Å². The zero-order chi connectivity index (χ0) is 19.9. The number of rotatable bonds is 5. The maximum Gasteiger partial charge on any atom is 0.100 e. The van der Waals surface area contributed by atoms with E-state index in [2.05, 4.69) is 37.1 Å². The molecule has 0 atom stereocenters. The topological polar surface area (TPSA) is 0 Å². The van der Waals surface area contributed by atoms with Crippen molar-refractivity contribution in [3.05, 3.63) is 47.3 Å². The third kappa shape index (κ3) is 8.79. The predicted molar refractivity (Wildman–Crippen MR) is 118 cm³/mol. The molecule has 0 bridgehead atoms. The Morgan fingerprint density at radius 2 is 1.41 bits per heavy atom. The molecule has 2 aliphatic carbocycles. The maximum atomic E-state index is 14.2. The van der Waals surface area contributed by atoms with Gasteiger partial charge in [-0.05, 0) is 42.2 Å². The summed E-state index contributed by atoms with van der Waals surface area (Å²) < 4.78 is 14.2. The van der Waals surface area contributed by atoms with Gasteiger partial charge in [0.1, 0.15) is 5.83 Å². The van der Waals surface area contributed by atoms with Gasteiger partial charge in [-0.2, -0.15) is 0 Å². The minimum Gasteiger partial charge on any atom is -0.212 e. The van der Waals surface area contributed by atoms with Gasteiger partial charge in [-0.25, -0.2) is 4.39 Å². The van der Waals surface area contributed by atoms with Crippen LogP contribution in [0.2, 0.25) is 0 Å². The average molecular weight is 371 g/mol. The normalized spacial score (nSPS) is 18.6. The molecule has 1 heteroatoms. The molecular weight excluding hydrogens is 331 g/mol. The van der Waals surface area contributed by atoms with Crippen LogP contribution in [0.5, 0.6) is 0 Å². The van der Waals surface area contributed by atoms with E-state index in [1.54, 1.807) is 0 Å². The molecule has 0 unspecified atom stereocenters. The van der Waals surface area contributed by atoms with Gasteiger partial charge in [0.05, 0.1) is 0 Å². The molecule has 0 aromatic heterocycles. The lowest BCUT2D eigenvalue weighted by molar-refractivity contribution is 0.359. The minimum absolute atomic E-state index is 0.0565. The van der Waals surface area contributed by atoms with E-state index in [4.69, 9.17) is 0 Å². The molecule has 2 fully saturated rings. The van der Waals surface area contributed by atoms with Crippen LogP contribution in [-0.4, -0.2) is 0 Å². The summed E-state index contributed by atoms with van der Waals surface area (Å²) in [4.78, 5) is 0. The van der Waals surface area contributed by atoms with Crippen molar-refractivity contribution in [3.8, 4) is 12.8 Å². The summed E-state index contributed by atoms with van der Waals surface area (Å²) >= 11 is 0. The van der Waals surface area contributed by atoms with E-state index in [1.807, 2.05) is 19.9 Å². The van der Waals surface area contributed by atoms with Crippen LogP contribution in [0.15, 0.2) is 36.2 Å². The number of hydrogen-bond acceptors (Lipinski definition) is 0. The predicted octanol–water partition coefficient (Wildman–Crippen LogP) is 8.38. The third-order valence-electron chi connectivity index (χ3n) is 5.83.